The highest BCUT2D eigenvalue weighted by Gasteiger charge is 2.40. The zero-order valence-corrected chi connectivity index (χ0v) is 10.8. The van der Waals surface area contributed by atoms with Crippen LogP contribution in [0.3, 0.4) is 0 Å². The Hall–Kier alpha value is -2.19. The molecule has 0 aliphatic carbocycles. The van der Waals surface area contributed by atoms with Gasteiger partial charge in [-0.05, 0) is 6.92 Å². The van der Waals surface area contributed by atoms with Gasteiger partial charge in [0, 0.05) is 13.2 Å². The molecule has 0 fully saturated rings. The van der Waals surface area contributed by atoms with E-state index in [0.29, 0.717) is 5.82 Å². The van der Waals surface area contributed by atoms with Crippen molar-refractivity contribution >= 4 is 0 Å². The summed E-state index contributed by atoms with van der Waals surface area (Å²) in [5.74, 6) is -2.25. The Morgan fingerprint density at radius 1 is 1.20 bits per heavy atom. The van der Waals surface area contributed by atoms with E-state index in [0.717, 1.165) is 7.11 Å². The highest BCUT2D eigenvalue weighted by atomic mass is 19.4. The molecule has 108 valence electrons. The second-order valence-electron chi connectivity index (χ2n) is 4.00. The van der Waals surface area contributed by atoms with Gasteiger partial charge in [0.05, 0.1) is 7.11 Å². The maximum Gasteiger partial charge on any atom is 0.426 e. The van der Waals surface area contributed by atoms with Gasteiger partial charge in [-0.25, -0.2) is 4.98 Å². The summed E-state index contributed by atoms with van der Waals surface area (Å²) >= 11 is 0. The standard InChI is InChI=1S/C11H10F4N4O/c1-5-16-6(4-19(5)2)9-17-8(12)7(11(13,14)15)10(18-9)20-3/h4H,1-3H3. The average molecular weight is 290 g/mol. The van der Waals surface area contributed by atoms with Crippen molar-refractivity contribution in [1.82, 2.24) is 19.5 Å². The molecule has 0 spiro atoms. The summed E-state index contributed by atoms with van der Waals surface area (Å²) in [6.07, 6.45) is -3.45. The molecule has 0 aliphatic rings. The summed E-state index contributed by atoms with van der Waals surface area (Å²) in [7, 11) is 2.66. The van der Waals surface area contributed by atoms with Crippen LogP contribution in [0.1, 0.15) is 11.4 Å². The van der Waals surface area contributed by atoms with Gasteiger partial charge in [0.1, 0.15) is 11.5 Å². The molecule has 0 unspecified atom stereocenters. The first-order chi connectivity index (χ1) is 9.24. The van der Waals surface area contributed by atoms with Crippen LogP contribution in [-0.2, 0) is 13.2 Å². The molecule has 2 rings (SSSR count). The van der Waals surface area contributed by atoms with Crippen molar-refractivity contribution < 1.29 is 22.3 Å². The maximum absolute atomic E-state index is 13.6. The number of aryl methyl sites for hydroxylation is 2. The molecule has 0 atom stereocenters. The minimum Gasteiger partial charge on any atom is -0.480 e. The average Bonchev–Trinajstić information content (AvgIpc) is 2.67. The van der Waals surface area contributed by atoms with E-state index in [1.165, 1.54) is 6.20 Å². The number of aromatic nitrogens is 4. The van der Waals surface area contributed by atoms with Crippen LogP contribution in [-0.4, -0.2) is 26.6 Å². The highest BCUT2D eigenvalue weighted by molar-refractivity contribution is 5.50. The Labute approximate surface area is 111 Å². The fourth-order valence-corrected chi connectivity index (χ4v) is 1.58. The minimum absolute atomic E-state index is 0.163. The SMILES string of the molecule is COc1nc(-c2cn(C)c(C)n2)nc(F)c1C(F)(F)F. The smallest absolute Gasteiger partial charge is 0.426 e. The highest BCUT2D eigenvalue weighted by Crippen LogP contribution is 2.37. The van der Waals surface area contributed by atoms with E-state index in [1.54, 1.807) is 18.5 Å². The number of rotatable bonds is 2. The molecule has 0 aliphatic heterocycles. The third-order valence-electron chi connectivity index (χ3n) is 2.65. The number of hydrogen-bond acceptors (Lipinski definition) is 4. The van der Waals surface area contributed by atoms with Crippen LogP contribution in [0.4, 0.5) is 17.6 Å². The number of halogens is 4. The number of nitrogens with zero attached hydrogens (tertiary/aromatic N) is 4. The van der Waals surface area contributed by atoms with Crippen LogP contribution in [0.2, 0.25) is 0 Å². The quantitative estimate of drug-likeness (QED) is 0.629. The van der Waals surface area contributed by atoms with E-state index in [1.807, 2.05) is 0 Å². The summed E-state index contributed by atoms with van der Waals surface area (Å²) in [6.45, 7) is 1.68. The van der Waals surface area contributed by atoms with E-state index >= 15 is 0 Å². The van der Waals surface area contributed by atoms with E-state index in [9.17, 15) is 17.6 Å². The third-order valence-corrected chi connectivity index (χ3v) is 2.65. The molecule has 0 saturated heterocycles. The molecule has 2 heterocycles. The number of hydrogen-bond donors (Lipinski definition) is 0. The molecule has 2 aromatic rings. The largest absolute Gasteiger partial charge is 0.480 e. The lowest BCUT2D eigenvalue weighted by Gasteiger charge is -2.11. The van der Waals surface area contributed by atoms with Crippen LogP contribution in [0.25, 0.3) is 11.5 Å². The van der Waals surface area contributed by atoms with Crippen molar-refractivity contribution in [3.8, 4) is 17.4 Å². The molecule has 5 nitrogen and oxygen atoms in total. The Bertz CT molecular complexity index is 631. The third kappa shape index (κ3) is 2.43. The van der Waals surface area contributed by atoms with Gasteiger partial charge in [-0.1, -0.05) is 0 Å². The van der Waals surface area contributed by atoms with Crippen LogP contribution >= 0.6 is 0 Å². The monoisotopic (exact) mass is 290 g/mol. The van der Waals surface area contributed by atoms with Gasteiger partial charge < -0.3 is 9.30 Å². The molecule has 9 heteroatoms. The molecular weight excluding hydrogens is 280 g/mol. The lowest BCUT2D eigenvalue weighted by molar-refractivity contribution is -0.142. The van der Waals surface area contributed by atoms with E-state index in [2.05, 4.69) is 19.7 Å². The molecule has 0 bridgehead atoms. The predicted octanol–water partition coefficient (Wildman–Crippen LogP) is 2.35. The number of alkyl halides is 3. The van der Waals surface area contributed by atoms with Gasteiger partial charge in [-0.2, -0.15) is 27.5 Å². The fourth-order valence-electron chi connectivity index (χ4n) is 1.58. The van der Waals surface area contributed by atoms with Crippen LogP contribution < -0.4 is 4.74 Å². The van der Waals surface area contributed by atoms with E-state index in [-0.39, 0.29) is 11.5 Å². The normalized spacial score (nSPS) is 11.8. The van der Waals surface area contributed by atoms with Crippen molar-refractivity contribution in [2.75, 3.05) is 7.11 Å². The second-order valence-corrected chi connectivity index (χ2v) is 4.00. The van der Waals surface area contributed by atoms with Gasteiger partial charge in [0.15, 0.2) is 11.4 Å². The first-order valence-electron chi connectivity index (χ1n) is 5.43. The Morgan fingerprint density at radius 2 is 1.85 bits per heavy atom. The van der Waals surface area contributed by atoms with Gasteiger partial charge in [-0.3, -0.25) is 0 Å². The summed E-state index contributed by atoms with van der Waals surface area (Å²) in [5, 5.41) is 0. The van der Waals surface area contributed by atoms with Gasteiger partial charge in [-0.15, -0.1) is 0 Å². The molecule has 20 heavy (non-hydrogen) atoms. The first-order valence-corrected chi connectivity index (χ1v) is 5.43. The van der Waals surface area contributed by atoms with Gasteiger partial charge in [0.25, 0.3) is 0 Å². The fraction of sp³-hybridized carbons (Fsp3) is 0.364. The Balaban J connectivity index is 2.61. The van der Waals surface area contributed by atoms with Gasteiger partial charge in [0.2, 0.25) is 11.8 Å². The summed E-state index contributed by atoms with van der Waals surface area (Å²) < 4.78 is 57.8. The van der Waals surface area contributed by atoms with Crippen molar-refractivity contribution in [3.05, 3.63) is 23.5 Å². The number of ether oxygens (including phenoxy) is 1. The molecule has 0 radical (unpaired) electrons. The first kappa shape index (κ1) is 14.2. The lowest BCUT2D eigenvalue weighted by atomic mass is 10.3. The van der Waals surface area contributed by atoms with Crippen molar-refractivity contribution in [3.63, 3.8) is 0 Å². The summed E-state index contributed by atoms with van der Waals surface area (Å²) in [6, 6.07) is 0. The minimum atomic E-state index is -4.94. The maximum atomic E-state index is 13.6. The molecule has 2 aromatic heterocycles. The predicted molar refractivity (Wildman–Crippen MR) is 60.5 cm³/mol. The molecular formula is C11H10F4N4O. The van der Waals surface area contributed by atoms with Crippen molar-refractivity contribution in [1.29, 1.82) is 0 Å². The topological polar surface area (TPSA) is 52.8 Å². The van der Waals surface area contributed by atoms with Crippen LogP contribution in [0.15, 0.2) is 6.20 Å². The summed E-state index contributed by atoms with van der Waals surface area (Å²) in [5.41, 5.74) is -1.47. The number of methoxy groups -OCH3 is 1. The van der Waals surface area contributed by atoms with Crippen molar-refractivity contribution in [2.24, 2.45) is 7.05 Å². The molecule has 0 saturated carbocycles. The zero-order chi connectivity index (χ0) is 15.1. The van der Waals surface area contributed by atoms with Crippen LogP contribution in [0.5, 0.6) is 5.88 Å². The summed E-state index contributed by atoms with van der Waals surface area (Å²) in [4.78, 5) is 10.8. The molecule has 0 amide bonds. The number of imidazole rings is 1. The molecule has 0 aromatic carbocycles. The van der Waals surface area contributed by atoms with E-state index < -0.39 is 23.6 Å². The van der Waals surface area contributed by atoms with Crippen LogP contribution in [0, 0.1) is 12.9 Å². The Kier molecular flexibility index (Phi) is 3.36. The lowest BCUT2D eigenvalue weighted by Crippen LogP contribution is -2.14. The van der Waals surface area contributed by atoms with Crippen molar-refractivity contribution in [2.45, 2.75) is 13.1 Å². The Morgan fingerprint density at radius 3 is 2.30 bits per heavy atom. The van der Waals surface area contributed by atoms with E-state index in [4.69, 9.17) is 0 Å². The zero-order valence-electron chi connectivity index (χ0n) is 10.8. The second kappa shape index (κ2) is 4.73. The van der Waals surface area contributed by atoms with Gasteiger partial charge >= 0.3 is 6.18 Å². The molecule has 0 N–H and O–H groups in total.